The minimum absolute atomic E-state index is 0. The first-order chi connectivity index (χ1) is 8.54. The quantitative estimate of drug-likeness (QED) is 0.843. The molecule has 0 radical (unpaired) electrons. The molecule has 0 bridgehead atoms. The van der Waals surface area contributed by atoms with Gasteiger partial charge in [0, 0.05) is 19.0 Å². The molecular formula is C15H25ClN2O. The molecule has 108 valence electrons. The maximum absolute atomic E-state index is 11.4. The Morgan fingerprint density at radius 3 is 2.21 bits per heavy atom. The van der Waals surface area contributed by atoms with Crippen molar-refractivity contribution in [2.75, 3.05) is 6.54 Å². The smallest absolute Gasteiger partial charge is 0.220 e. The van der Waals surface area contributed by atoms with Crippen molar-refractivity contribution in [3.8, 4) is 0 Å². The average Bonchev–Trinajstić information content (AvgIpc) is 2.36. The fourth-order valence-corrected chi connectivity index (χ4v) is 1.79. The molecule has 1 atom stereocenters. The number of nitrogens with two attached hydrogens (primary N) is 1. The van der Waals surface area contributed by atoms with Crippen molar-refractivity contribution in [3.05, 3.63) is 35.4 Å². The van der Waals surface area contributed by atoms with Gasteiger partial charge in [0.2, 0.25) is 5.91 Å². The number of carbonyl (C=O) groups is 1. The summed E-state index contributed by atoms with van der Waals surface area (Å²) in [7, 11) is 0. The van der Waals surface area contributed by atoms with Crippen LogP contribution < -0.4 is 11.1 Å². The molecule has 4 heteroatoms. The monoisotopic (exact) mass is 284 g/mol. The van der Waals surface area contributed by atoms with Gasteiger partial charge in [-0.25, -0.2) is 0 Å². The molecule has 0 aliphatic heterocycles. The maximum Gasteiger partial charge on any atom is 0.220 e. The van der Waals surface area contributed by atoms with E-state index in [4.69, 9.17) is 5.73 Å². The van der Waals surface area contributed by atoms with Crippen LogP contribution in [0.2, 0.25) is 0 Å². The Labute approximate surface area is 122 Å². The van der Waals surface area contributed by atoms with Gasteiger partial charge < -0.3 is 11.1 Å². The number of benzene rings is 1. The summed E-state index contributed by atoms with van der Waals surface area (Å²) in [4.78, 5) is 11.4. The molecule has 19 heavy (non-hydrogen) atoms. The van der Waals surface area contributed by atoms with Crippen molar-refractivity contribution in [2.24, 2.45) is 5.73 Å². The molecule has 1 unspecified atom stereocenters. The number of carbonyl (C=O) groups excluding carboxylic acids is 1. The molecular weight excluding hydrogens is 260 g/mol. The molecule has 1 rings (SSSR count). The Kier molecular flexibility index (Phi) is 8.44. The zero-order chi connectivity index (χ0) is 13.5. The predicted octanol–water partition coefficient (Wildman–Crippen LogP) is 3.15. The summed E-state index contributed by atoms with van der Waals surface area (Å²) in [6.45, 7) is 6.82. The van der Waals surface area contributed by atoms with Crippen LogP contribution in [-0.2, 0) is 4.79 Å². The first kappa shape index (κ1) is 17.9. The fourth-order valence-electron chi connectivity index (χ4n) is 1.79. The lowest BCUT2D eigenvalue weighted by molar-refractivity contribution is -0.121. The lowest BCUT2D eigenvalue weighted by Crippen LogP contribution is -2.31. The van der Waals surface area contributed by atoms with E-state index < -0.39 is 0 Å². The van der Waals surface area contributed by atoms with Gasteiger partial charge in [-0.3, -0.25) is 4.79 Å². The van der Waals surface area contributed by atoms with Crippen LogP contribution in [0.1, 0.15) is 56.7 Å². The Morgan fingerprint density at radius 2 is 1.74 bits per heavy atom. The SMILES string of the molecule is CCCC(=O)NCC(N)c1ccc(C(C)C)cc1.Cl. The molecule has 3 nitrogen and oxygen atoms in total. The van der Waals surface area contributed by atoms with E-state index in [-0.39, 0.29) is 24.4 Å². The molecule has 0 aliphatic carbocycles. The summed E-state index contributed by atoms with van der Waals surface area (Å²) in [5.74, 6) is 0.603. The standard InChI is InChI=1S/C15H24N2O.ClH/c1-4-5-15(18)17-10-14(16)13-8-6-12(7-9-13)11(2)3;/h6-9,11,14H,4-5,10,16H2,1-3H3,(H,17,18);1H. The Hall–Kier alpha value is -1.06. The third kappa shape index (κ3) is 6.08. The topological polar surface area (TPSA) is 55.1 Å². The summed E-state index contributed by atoms with van der Waals surface area (Å²) < 4.78 is 0. The highest BCUT2D eigenvalue weighted by molar-refractivity contribution is 5.85. The molecule has 1 amide bonds. The van der Waals surface area contributed by atoms with E-state index in [2.05, 4.69) is 31.3 Å². The van der Waals surface area contributed by atoms with Crippen molar-refractivity contribution >= 4 is 18.3 Å². The predicted molar refractivity (Wildman–Crippen MR) is 82.6 cm³/mol. The zero-order valence-corrected chi connectivity index (χ0v) is 12.8. The van der Waals surface area contributed by atoms with Crippen LogP contribution in [0.4, 0.5) is 0 Å². The Morgan fingerprint density at radius 1 is 1.21 bits per heavy atom. The van der Waals surface area contributed by atoms with E-state index >= 15 is 0 Å². The minimum atomic E-state index is -0.132. The third-order valence-corrected chi connectivity index (χ3v) is 3.03. The summed E-state index contributed by atoms with van der Waals surface area (Å²) in [5.41, 5.74) is 8.42. The third-order valence-electron chi connectivity index (χ3n) is 3.03. The molecule has 0 heterocycles. The maximum atomic E-state index is 11.4. The first-order valence-corrected chi connectivity index (χ1v) is 6.66. The molecule has 0 saturated heterocycles. The number of halogens is 1. The Balaban J connectivity index is 0.00000324. The summed E-state index contributed by atoms with van der Waals surface area (Å²) in [6.07, 6.45) is 1.43. The largest absolute Gasteiger partial charge is 0.354 e. The van der Waals surface area contributed by atoms with Crippen molar-refractivity contribution in [3.63, 3.8) is 0 Å². The van der Waals surface area contributed by atoms with Gasteiger partial charge in [-0.15, -0.1) is 12.4 Å². The number of hydrogen-bond donors (Lipinski definition) is 2. The number of rotatable bonds is 6. The van der Waals surface area contributed by atoms with E-state index in [1.54, 1.807) is 0 Å². The summed E-state index contributed by atoms with van der Waals surface area (Å²) in [5, 5.41) is 2.86. The minimum Gasteiger partial charge on any atom is -0.354 e. The van der Waals surface area contributed by atoms with Gasteiger partial charge in [0.1, 0.15) is 0 Å². The second-order valence-electron chi connectivity index (χ2n) is 4.98. The second kappa shape index (κ2) is 8.94. The van der Waals surface area contributed by atoms with E-state index in [9.17, 15) is 4.79 Å². The lowest BCUT2D eigenvalue weighted by Gasteiger charge is -2.14. The molecule has 1 aromatic carbocycles. The van der Waals surface area contributed by atoms with Crippen LogP contribution in [0, 0.1) is 0 Å². The first-order valence-electron chi connectivity index (χ1n) is 6.66. The molecule has 0 aromatic heterocycles. The van der Waals surface area contributed by atoms with Crippen molar-refractivity contribution < 1.29 is 4.79 Å². The van der Waals surface area contributed by atoms with E-state index in [0.717, 1.165) is 12.0 Å². The zero-order valence-electron chi connectivity index (χ0n) is 12.0. The van der Waals surface area contributed by atoms with Gasteiger partial charge in [0.15, 0.2) is 0 Å². The van der Waals surface area contributed by atoms with Crippen LogP contribution in [-0.4, -0.2) is 12.5 Å². The number of hydrogen-bond acceptors (Lipinski definition) is 2. The van der Waals surface area contributed by atoms with Crippen LogP contribution in [0.3, 0.4) is 0 Å². The normalized spacial score (nSPS) is 11.8. The van der Waals surface area contributed by atoms with Crippen LogP contribution in [0.15, 0.2) is 24.3 Å². The van der Waals surface area contributed by atoms with E-state index in [1.165, 1.54) is 5.56 Å². The molecule has 3 N–H and O–H groups in total. The molecule has 0 fully saturated rings. The fraction of sp³-hybridized carbons (Fsp3) is 0.533. The summed E-state index contributed by atoms with van der Waals surface area (Å²) in [6, 6.07) is 8.17. The molecule has 0 spiro atoms. The highest BCUT2D eigenvalue weighted by atomic mass is 35.5. The van der Waals surface area contributed by atoms with Gasteiger partial charge in [0.05, 0.1) is 0 Å². The van der Waals surface area contributed by atoms with Crippen molar-refractivity contribution in [1.29, 1.82) is 0 Å². The van der Waals surface area contributed by atoms with E-state index in [1.807, 2.05) is 19.1 Å². The van der Waals surface area contributed by atoms with Gasteiger partial charge in [-0.2, -0.15) is 0 Å². The van der Waals surface area contributed by atoms with Gasteiger partial charge >= 0.3 is 0 Å². The Bertz CT molecular complexity index is 376. The van der Waals surface area contributed by atoms with Gasteiger partial charge in [-0.05, 0) is 23.5 Å². The molecule has 1 aromatic rings. The van der Waals surface area contributed by atoms with Crippen molar-refractivity contribution in [1.82, 2.24) is 5.32 Å². The summed E-state index contributed by atoms with van der Waals surface area (Å²) >= 11 is 0. The van der Waals surface area contributed by atoms with Crippen molar-refractivity contribution in [2.45, 2.75) is 45.6 Å². The van der Waals surface area contributed by atoms with Gasteiger partial charge in [-0.1, -0.05) is 45.0 Å². The van der Waals surface area contributed by atoms with E-state index in [0.29, 0.717) is 18.9 Å². The number of nitrogens with one attached hydrogen (secondary N) is 1. The second-order valence-corrected chi connectivity index (χ2v) is 4.98. The highest BCUT2D eigenvalue weighted by Crippen LogP contribution is 2.17. The highest BCUT2D eigenvalue weighted by Gasteiger charge is 2.08. The van der Waals surface area contributed by atoms with Crippen LogP contribution in [0.5, 0.6) is 0 Å². The average molecular weight is 285 g/mol. The molecule has 0 aliphatic rings. The van der Waals surface area contributed by atoms with Crippen LogP contribution >= 0.6 is 12.4 Å². The number of amides is 1. The van der Waals surface area contributed by atoms with Gasteiger partial charge in [0.25, 0.3) is 0 Å². The molecule has 0 saturated carbocycles. The van der Waals surface area contributed by atoms with Crippen LogP contribution in [0.25, 0.3) is 0 Å². The lowest BCUT2D eigenvalue weighted by atomic mass is 9.99.